The molecule has 11 heteroatoms. The average molecular weight is 515 g/mol. The number of rotatable bonds is 14. The Morgan fingerprint density at radius 1 is 1.06 bits per heavy atom. The summed E-state index contributed by atoms with van der Waals surface area (Å²) >= 11 is 0. The second kappa shape index (κ2) is 13.7. The normalized spacial score (nSPS) is 12.2. The fraction of sp³-hybridized carbons (Fsp3) is 0.440. The molecule has 1 atom stereocenters. The van der Waals surface area contributed by atoms with E-state index in [-0.39, 0.29) is 44.6 Å². The van der Waals surface area contributed by atoms with Crippen molar-refractivity contribution in [1.82, 2.24) is 4.90 Å². The number of unbranched alkanes of at least 4 members (excludes halogenated alkanes) is 1. The zero-order valence-electron chi connectivity index (χ0n) is 20.1. The van der Waals surface area contributed by atoms with Crippen LogP contribution < -0.4 is 10.1 Å². The van der Waals surface area contributed by atoms with Gasteiger partial charge >= 0.3 is 12.0 Å². The van der Waals surface area contributed by atoms with Crippen LogP contribution in [0.5, 0.6) is 5.75 Å². The number of hydrogen-bond acceptors (Lipinski definition) is 4. The number of hydrogen-bond donors (Lipinski definition) is 2. The molecule has 0 spiro atoms. The van der Waals surface area contributed by atoms with Crippen LogP contribution in [-0.4, -0.2) is 60.8 Å². The fourth-order valence-corrected chi connectivity index (χ4v) is 3.31. The van der Waals surface area contributed by atoms with Crippen molar-refractivity contribution in [2.45, 2.75) is 44.6 Å². The van der Waals surface area contributed by atoms with Gasteiger partial charge in [-0.1, -0.05) is 12.1 Å². The fourth-order valence-electron chi connectivity index (χ4n) is 3.31. The SMILES string of the molecule is COC(Cc1ccc(OCCN(CCCCC(C)(F)F)C(=O)Nc2ccc(F)c(F)c2)cc1)C(=O)O. The van der Waals surface area contributed by atoms with E-state index in [1.54, 1.807) is 24.3 Å². The second-order valence-corrected chi connectivity index (χ2v) is 8.33. The zero-order chi connectivity index (χ0) is 26.7. The minimum Gasteiger partial charge on any atom is -0.492 e. The summed E-state index contributed by atoms with van der Waals surface area (Å²) in [5.41, 5.74) is 0.785. The largest absolute Gasteiger partial charge is 0.492 e. The highest BCUT2D eigenvalue weighted by molar-refractivity contribution is 5.89. The first-order valence-corrected chi connectivity index (χ1v) is 11.3. The monoisotopic (exact) mass is 514 g/mol. The van der Waals surface area contributed by atoms with Crippen molar-refractivity contribution in [3.63, 3.8) is 0 Å². The number of alkyl halides is 2. The van der Waals surface area contributed by atoms with E-state index in [2.05, 4.69) is 5.32 Å². The number of carboxylic acid groups (broad SMARTS) is 1. The van der Waals surface area contributed by atoms with Gasteiger partial charge in [0.1, 0.15) is 12.4 Å². The number of carbonyl (C=O) groups is 2. The van der Waals surface area contributed by atoms with E-state index in [1.165, 1.54) is 18.1 Å². The number of anilines is 1. The third-order valence-corrected chi connectivity index (χ3v) is 5.29. The third-order valence-electron chi connectivity index (χ3n) is 5.29. The molecule has 0 aliphatic carbocycles. The van der Waals surface area contributed by atoms with Crippen molar-refractivity contribution in [2.24, 2.45) is 0 Å². The topological polar surface area (TPSA) is 88.1 Å². The van der Waals surface area contributed by atoms with E-state index in [4.69, 9.17) is 14.6 Å². The number of ether oxygens (including phenoxy) is 2. The van der Waals surface area contributed by atoms with Gasteiger partial charge in [-0.15, -0.1) is 0 Å². The van der Waals surface area contributed by atoms with Crippen molar-refractivity contribution in [3.05, 3.63) is 59.7 Å². The summed E-state index contributed by atoms with van der Waals surface area (Å²) in [5.74, 6) is -5.55. The molecule has 36 heavy (non-hydrogen) atoms. The van der Waals surface area contributed by atoms with Crippen molar-refractivity contribution >= 4 is 17.7 Å². The predicted molar refractivity (Wildman–Crippen MR) is 125 cm³/mol. The van der Waals surface area contributed by atoms with Crippen LogP contribution in [0.4, 0.5) is 28.0 Å². The molecule has 0 aliphatic rings. The van der Waals surface area contributed by atoms with Gasteiger partial charge in [0.25, 0.3) is 0 Å². The van der Waals surface area contributed by atoms with Crippen molar-refractivity contribution < 1.29 is 41.7 Å². The number of methoxy groups -OCH3 is 1. The van der Waals surface area contributed by atoms with Crippen LogP contribution in [-0.2, 0) is 16.0 Å². The lowest BCUT2D eigenvalue weighted by Gasteiger charge is -2.23. The van der Waals surface area contributed by atoms with Gasteiger partial charge in [-0.3, -0.25) is 0 Å². The lowest BCUT2D eigenvalue weighted by Crippen LogP contribution is -2.38. The molecule has 198 valence electrons. The molecule has 2 aromatic carbocycles. The Morgan fingerprint density at radius 3 is 2.33 bits per heavy atom. The van der Waals surface area contributed by atoms with E-state index in [9.17, 15) is 27.2 Å². The minimum absolute atomic E-state index is 0.0521. The maximum absolute atomic E-state index is 13.5. The molecule has 0 aliphatic heterocycles. The standard InChI is InChI=1S/C25H30F4N2O5/c1-25(28,29)11-3-4-12-31(24(34)30-18-7-10-20(26)21(27)16-18)13-14-36-19-8-5-17(6-9-19)15-22(35-2)23(32)33/h5-10,16,22H,3-4,11-15H2,1-2H3,(H,30,34)(H,32,33). The van der Waals surface area contributed by atoms with Crippen molar-refractivity contribution in [2.75, 3.05) is 32.1 Å². The quantitative estimate of drug-likeness (QED) is 0.262. The van der Waals surface area contributed by atoms with Crippen molar-refractivity contribution in [1.29, 1.82) is 0 Å². The van der Waals surface area contributed by atoms with E-state index >= 15 is 0 Å². The van der Waals surface area contributed by atoms with Crippen LogP contribution in [0.3, 0.4) is 0 Å². The Hall–Kier alpha value is -3.34. The van der Waals surface area contributed by atoms with E-state index in [0.717, 1.165) is 24.6 Å². The number of amides is 2. The van der Waals surface area contributed by atoms with Gasteiger partial charge in [-0.05, 0) is 49.6 Å². The lowest BCUT2D eigenvalue weighted by atomic mass is 10.1. The number of carboxylic acids is 1. The van der Waals surface area contributed by atoms with Gasteiger partial charge in [0.05, 0.1) is 6.54 Å². The molecule has 0 bridgehead atoms. The number of nitrogens with zero attached hydrogens (tertiary/aromatic N) is 1. The first-order valence-electron chi connectivity index (χ1n) is 11.3. The molecular weight excluding hydrogens is 484 g/mol. The Bertz CT molecular complexity index is 999. The molecule has 0 radical (unpaired) electrons. The molecule has 0 heterocycles. The molecule has 0 fully saturated rings. The van der Waals surface area contributed by atoms with E-state index in [1.807, 2.05) is 0 Å². The first-order chi connectivity index (χ1) is 17.0. The smallest absolute Gasteiger partial charge is 0.333 e. The maximum Gasteiger partial charge on any atom is 0.333 e. The van der Waals surface area contributed by atoms with Crippen LogP contribution in [0.25, 0.3) is 0 Å². The van der Waals surface area contributed by atoms with Gasteiger partial charge in [0.2, 0.25) is 5.92 Å². The molecule has 1 unspecified atom stereocenters. The number of benzene rings is 2. The van der Waals surface area contributed by atoms with E-state index in [0.29, 0.717) is 12.2 Å². The molecule has 7 nitrogen and oxygen atoms in total. The highest BCUT2D eigenvalue weighted by Gasteiger charge is 2.21. The highest BCUT2D eigenvalue weighted by Crippen LogP contribution is 2.20. The minimum atomic E-state index is -2.80. The van der Waals surface area contributed by atoms with Crippen LogP contribution in [0.1, 0.15) is 31.7 Å². The highest BCUT2D eigenvalue weighted by atomic mass is 19.3. The van der Waals surface area contributed by atoms with Crippen LogP contribution in [0, 0.1) is 11.6 Å². The van der Waals surface area contributed by atoms with Crippen LogP contribution >= 0.6 is 0 Å². The second-order valence-electron chi connectivity index (χ2n) is 8.33. The molecule has 2 rings (SSSR count). The summed E-state index contributed by atoms with van der Waals surface area (Å²) in [7, 11) is 1.32. The molecule has 0 saturated carbocycles. The number of nitrogens with one attached hydrogen (secondary N) is 1. The van der Waals surface area contributed by atoms with Gasteiger partial charge in [0.15, 0.2) is 17.7 Å². The third kappa shape index (κ3) is 10.1. The Balaban J connectivity index is 1.95. The summed E-state index contributed by atoms with van der Waals surface area (Å²) in [5, 5.41) is 11.6. The molecule has 0 saturated heterocycles. The van der Waals surface area contributed by atoms with Crippen molar-refractivity contribution in [3.8, 4) is 5.75 Å². The van der Waals surface area contributed by atoms with Gasteiger partial charge in [0, 0.05) is 38.2 Å². The summed E-state index contributed by atoms with van der Waals surface area (Å²) in [6, 6.07) is 9.03. The molecule has 2 aromatic rings. The number of urea groups is 1. The zero-order valence-corrected chi connectivity index (χ0v) is 20.1. The summed E-state index contributed by atoms with van der Waals surface area (Å²) in [6.45, 7) is 1.16. The lowest BCUT2D eigenvalue weighted by molar-refractivity contribution is -0.148. The Labute approximate surface area is 207 Å². The number of carbonyl (C=O) groups excluding carboxylic acids is 1. The van der Waals surface area contributed by atoms with Gasteiger partial charge < -0.3 is 24.8 Å². The van der Waals surface area contributed by atoms with Gasteiger partial charge in [-0.2, -0.15) is 0 Å². The maximum atomic E-state index is 13.5. The summed E-state index contributed by atoms with van der Waals surface area (Å²) < 4.78 is 63.4. The Morgan fingerprint density at radius 2 is 1.75 bits per heavy atom. The molecule has 2 amide bonds. The van der Waals surface area contributed by atoms with Crippen LogP contribution in [0.2, 0.25) is 0 Å². The molecular formula is C25H30F4N2O5. The first kappa shape index (κ1) is 28.9. The van der Waals surface area contributed by atoms with E-state index < -0.39 is 35.7 Å². The Kier molecular flexibility index (Phi) is 11.0. The molecule has 0 aromatic heterocycles. The molecule has 2 N–H and O–H groups in total. The summed E-state index contributed by atoms with van der Waals surface area (Å²) in [6.07, 6.45) is -0.597. The average Bonchev–Trinajstić information content (AvgIpc) is 2.81. The number of aliphatic carboxylic acids is 1. The number of halogens is 4. The van der Waals surface area contributed by atoms with Crippen LogP contribution in [0.15, 0.2) is 42.5 Å². The summed E-state index contributed by atoms with van der Waals surface area (Å²) in [4.78, 5) is 25.1. The van der Waals surface area contributed by atoms with Gasteiger partial charge in [-0.25, -0.2) is 27.2 Å². The predicted octanol–water partition coefficient (Wildman–Crippen LogP) is 5.35.